The van der Waals surface area contributed by atoms with Crippen molar-refractivity contribution in [1.82, 2.24) is 4.90 Å². The summed E-state index contributed by atoms with van der Waals surface area (Å²) in [4.78, 5) is 27.2. The summed E-state index contributed by atoms with van der Waals surface area (Å²) < 4.78 is 16.1. The molecule has 2 aromatic carbocycles. The van der Waals surface area contributed by atoms with Gasteiger partial charge in [-0.05, 0) is 42.8 Å². The van der Waals surface area contributed by atoms with Crippen LogP contribution in [0.25, 0.3) is 5.76 Å². The van der Waals surface area contributed by atoms with Crippen LogP contribution in [0.4, 0.5) is 0 Å². The first kappa shape index (κ1) is 24.4. The van der Waals surface area contributed by atoms with Crippen molar-refractivity contribution in [2.75, 3.05) is 33.5 Å². The molecule has 0 saturated carbocycles. The van der Waals surface area contributed by atoms with E-state index in [1.165, 1.54) is 18.1 Å². The molecule has 1 N–H and O–H groups in total. The van der Waals surface area contributed by atoms with Gasteiger partial charge in [0.2, 0.25) is 0 Å². The van der Waals surface area contributed by atoms with E-state index < -0.39 is 17.7 Å². The molecule has 0 radical (unpaired) electrons. The van der Waals surface area contributed by atoms with E-state index in [0.29, 0.717) is 35.8 Å². The van der Waals surface area contributed by atoms with Crippen LogP contribution in [0, 0.1) is 0 Å². The fraction of sp³-hybridized carbons (Fsp3) is 0.280. The highest BCUT2D eigenvalue weighted by molar-refractivity contribution is 6.46. The van der Waals surface area contributed by atoms with Gasteiger partial charge in [-0.2, -0.15) is 0 Å². The van der Waals surface area contributed by atoms with Crippen molar-refractivity contribution in [3.8, 4) is 11.5 Å². The summed E-state index contributed by atoms with van der Waals surface area (Å²) in [5.74, 6) is -0.711. The molecule has 1 saturated heterocycles. The van der Waals surface area contributed by atoms with Crippen molar-refractivity contribution in [2.45, 2.75) is 13.0 Å². The minimum atomic E-state index is -0.793. The normalized spacial score (nSPS) is 17.3. The summed E-state index contributed by atoms with van der Waals surface area (Å²) >= 11 is 6.28. The molecule has 0 bridgehead atoms. The molecule has 8 heteroatoms. The predicted molar refractivity (Wildman–Crippen MR) is 126 cm³/mol. The van der Waals surface area contributed by atoms with Gasteiger partial charge in [-0.1, -0.05) is 36.4 Å². The molecule has 7 nitrogen and oxygen atoms in total. The van der Waals surface area contributed by atoms with Crippen LogP contribution in [0.3, 0.4) is 0 Å². The number of amides is 1. The number of hydrogen-bond acceptors (Lipinski definition) is 6. The van der Waals surface area contributed by atoms with Gasteiger partial charge in [-0.15, -0.1) is 0 Å². The number of hydrogen-bond donors (Lipinski definition) is 1. The maximum Gasteiger partial charge on any atom is 0.295 e. The molecule has 33 heavy (non-hydrogen) atoms. The van der Waals surface area contributed by atoms with E-state index >= 15 is 0 Å². The molecule has 0 aliphatic carbocycles. The zero-order chi connectivity index (χ0) is 24.0. The van der Waals surface area contributed by atoms with Gasteiger partial charge in [0, 0.05) is 19.2 Å². The third-order valence-corrected chi connectivity index (χ3v) is 5.44. The van der Waals surface area contributed by atoms with Gasteiger partial charge in [0.25, 0.3) is 11.7 Å². The number of benzene rings is 2. The molecule has 2 aromatic rings. The van der Waals surface area contributed by atoms with Crippen LogP contribution in [0.1, 0.15) is 24.1 Å². The van der Waals surface area contributed by atoms with Crippen molar-refractivity contribution in [3.05, 3.63) is 76.8 Å². The SMILES string of the molecule is C=CCOc1ccc([C@@H]2C(=C(O)c3ccc(OCC)c(Cl)c3)C(=O)C(=O)N2CCOC)cc1. The zero-order valence-electron chi connectivity index (χ0n) is 18.5. The Morgan fingerprint density at radius 1 is 1.18 bits per heavy atom. The molecule has 1 aliphatic heterocycles. The summed E-state index contributed by atoms with van der Waals surface area (Å²) in [5.41, 5.74) is 0.940. The monoisotopic (exact) mass is 471 g/mol. The summed E-state index contributed by atoms with van der Waals surface area (Å²) in [6, 6.07) is 10.9. The first-order chi connectivity index (χ1) is 15.9. The first-order valence-electron chi connectivity index (χ1n) is 10.5. The highest BCUT2D eigenvalue weighted by atomic mass is 35.5. The number of ether oxygens (including phenoxy) is 3. The maximum atomic E-state index is 13.0. The number of carbonyl (C=O) groups excluding carboxylic acids is 2. The lowest BCUT2D eigenvalue weighted by Gasteiger charge is -2.25. The number of carbonyl (C=O) groups is 2. The van der Waals surface area contributed by atoms with Gasteiger partial charge in [0.05, 0.1) is 29.9 Å². The fourth-order valence-electron chi connectivity index (χ4n) is 3.62. The number of aliphatic hydroxyl groups is 1. The Balaban J connectivity index is 2.08. The molecule has 1 amide bonds. The number of ketones is 1. The Morgan fingerprint density at radius 2 is 1.91 bits per heavy atom. The average Bonchev–Trinajstić information content (AvgIpc) is 3.07. The highest BCUT2D eigenvalue weighted by Crippen LogP contribution is 2.40. The van der Waals surface area contributed by atoms with Gasteiger partial charge in [-0.3, -0.25) is 9.59 Å². The van der Waals surface area contributed by atoms with Crippen LogP contribution in [-0.2, 0) is 14.3 Å². The summed E-state index contributed by atoms with van der Waals surface area (Å²) in [7, 11) is 1.51. The second kappa shape index (κ2) is 11.0. The van der Waals surface area contributed by atoms with Gasteiger partial charge < -0.3 is 24.2 Å². The van der Waals surface area contributed by atoms with Crippen molar-refractivity contribution in [2.24, 2.45) is 0 Å². The van der Waals surface area contributed by atoms with Crippen LogP contribution in [0.2, 0.25) is 5.02 Å². The topological polar surface area (TPSA) is 85.3 Å². The zero-order valence-corrected chi connectivity index (χ0v) is 19.3. The molecule has 1 aliphatic rings. The van der Waals surface area contributed by atoms with E-state index in [-0.39, 0.29) is 29.5 Å². The van der Waals surface area contributed by atoms with Crippen LogP contribution < -0.4 is 9.47 Å². The highest BCUT2D eigenvalue weighted by Gasteiger charge is 2.45. The van der Waals surface area contributed by atoms with Crippen LogP contribution in [0.15, 0.2) is 60.7 Å². The van der Waals surface area contributed by atoms with E-state index in [2.05, 4.69) is 6.58 Å². The average molecular weight is 472 g/mol. The molecule has 1 fully saturated rings. The molecule has 3 rings (SSSR count). The number of halogens is 1. The molecular formula is C25H26ClNO6. The van der Waals surface area contributed by atoms with E-state index in [4.69, 9.17) is 25.8 Å². The lowest BCUT2D eigenvalue weighted by Crippen LogP contribution is -2.32. The number of methoxy groups -OCH3 is 1. The minimum Gasteiger partial charge on any atom is -0.507 e. The number of rotatable bonds is 10. The van der Waals surface area contributed by atoms with E-state index in [9.17, 15) is 14.7 Å². The van der Waals surface area contributed by atoms with Crippen LogP contribution >= 0.6 is 11.6 Å². The number of aliphatic hydroxyl groups excluding tert-OH is 1. The maximum absolute atomic E-state index is 13.0. The number of Topliss-reactive ketones (excluding diaryl/α,β-unsaturated/α-hetero) is 1. The largest absolute Gasteiger partial charge is 0.507 e. The smallest absolute Gasteiger partial charge is 0.295 e. The molecular weight excluding hydrogens is 446 g/mol. The minimum absolute atomic E-state index is 0.0175. The van der Waals surface area contributed by atoms with Crippen molar-refractivity contribution in [1.29, 1.82) is 0 Å². The lowest BCUT2D eigenvalue weighted by atomic mass is 9.95. The van der Waals surface area contributed by atoms with Crippen molar-refractivity contribution in [3.63, 3.8) is 0 Å². The Morgan fingerprint density at radius 3 is 2.52 bits per heavy atom. The molecule has 1 heterocycles. The second-order valence-corrected chi connectivity index (χ2v) is 7.64. The predicted octanol–water partition coefficient (Wildman–Crippen LogP) is 4.37. The number of likely N-dealkylation sites (tertiary alicyclic amines) is 1. The molecule has 174 valence electrons. The molecule has 1 atom stereocenters. The van der Waals surface area contributed by atoms with Crippen LogP contribution in [0.5, 0.6) is 11.5 Å². The van der Waals surface area contributed by atoms with Gasteiger partial charge in [-0.25, -0.2) is 0 Å². The quantitative estimate of drug-likeness (QED) is 0.240. The van der Waals surface area contributed by atoms with Gasteiger partial charge in [0.1, 0.15) is 23.9 Å². The lowest BCUT2D eigenvalue weighted by molar-refractivity contribution is -0.140. The van der Waals surface area contributed by atoms with Crippen LogP contribution in [-0.4, -0.2) is 55.2 Å². The van der Waals surface area contributed by atoms with E-state index in [1.54, 1.807) is 42.5 Å². The third-order valence-electron chi connectivity index (χ3n) is 5.15. The number of nitrogens with zero attached hydrogens (tertiary/aromatic N) is 1. The molecule has 0 aromatic heterocycles. The Labute approximate surface area is 197 Å². The van der Waals surface area contributed by atoms with Crippen molar-refractivity contribution >= 4 is 29.1 Å². The standard InChI is InChI=1S/C25H26ClNO6/c1-4-13-33-18-9-6-16(7-10-18)22-21(24(29)25(30)27(22)12-14-31-3)23(28)17-8-11-20(32-5-2)19(26)15-17/h4,6-11,15,22,28H,1,5,12-14H2,2-3H3/t22-/m1/s1. The summed E-state index contributed by atoms with van der Waals surface area (Å²) in [6.07, 6.45) is 1.63. The van der Waals surface area contributed by atoms with Gasteiger partial charge in [0.15, 0.2) is 0 Å². The van der Waals surface area contributed by atoms with Gasteiger partial charge >= 0.3 is 0 Å². The second-order valence-electron chi connectivity index (χ2n) is 7.23. The molecule has 0 spiro atoms. The van der Waals surface area contributed by atoms with Crippen molar-refractivity contribution < 1.29 is 28.9 Å². The Hall–Kier alpha value is -3.29. The van der Waals surface area contributed by atoms with E-state index in [0.717, 1.165) is 0 Å². The Kier molecular flexibility index (Phi) is 8.14. The summed E-state index contributed by atoms with van der Waals surface area (Å²) in [6.45, 7) is 6.66. The summed E-state index contributed by atoms with van der Waals surface area (Å²) in [5, 5.41) is 11.4. The third kappa shape index (κ3) is 5.21. The first-order valence-corrected chi connectivity index (χ1v) is 10.8. The van der Waals surface area contributed by atoms with E-state index in [1.807, 2.05) is 6.92 Å². The Bertz CT molecular complexity index is 1060. The molecule has 0 unspecified atom stereocenters. The fourth-order valence-corrected chi connectivity index (χ4v) is 3.86.